The molecule has 0 unspecified atom stereocenters. The molecule has 0 spiro atoms. The van der Waals surface area contributed by atoms with E-state index >= 15 is 0 Å². The van der Waals surface area contributed by atoms with Crippen LogP contribution in [0.15, 0.2) is 77.7 Å². The molecular weight excluding hydrogens is 499 g/mol. The summed E-state index contributed by atoms with van der Waals surface area (Å²) < 4.78 is 32.6. The molecule has 1 N–H and O–H groups in total. The number of rotatable bonds is 9. The van der Waals surface area contributed by atoms with Crippen molar-refractivity contribution in [2.24, 2.45) is 0 Å². The van der Waals surface area contributed by atoms with E-state index in [2.05, 4.69) is 5.32 Å². The van der Waals surface area contributed by atoms with E-state index in [4.69, 9.17) is 27.9 Å². The number of nitrogens with one attached hydrogen (secondary N) is 1. The van der Waals surface area contributed by atoms with E-state index in [1.54, 1.807) is 55.5 Å². The number of carbonyl (C=O) groups is 2. The smallest absolute Gasteiger partial charge is 0.338 e. The lowest BCUT2D eigenvalue weighted by molar-refractivity contribution is -0.116. The van der Waals surface area contributed by atoms with Gasteiger partial charge in [-0.25, -0.2) is 13.2 Å². The van der Waals surface area contributed by atoms with Crippen molar-refractivity contribution in [3.05, 3.63) is 94.0 Å². The van der Waals surface area contributed by atoms with E-state index in [1.165, 1.54) is 24.3 Å². The molecule has 10 heteroatoms. The second-order valence-corrected chi connectivity index (χ2v) is 9.93. The van der Waals surface area contributed by atoms with Gasteiger partial charge < -0.3 is 10.1 Å². The van der Waals surface area contributed by atoms with Gasteiger partial charge in [-0.2, -0.15) is 4.31 Å². The van der Waals surface area contributed by atoms with Gasteiger partial charge in [0, 0.05) is 12.2 Å². The molecule has 0 saturated carbocycles. The number of halogens is 2. The van der Waals surface area contributed by atoms with Crippen LogP contribution in [0.5, 0.6) is 0 Å². The fourth-order valence-electron chi connectivity index (χ4n) is 3.07. The summed E-state index contributed by atoms with van der Waals surface area (Å²) in [7, 11) is -4.00. The SMILES string of the molecule is CCOC(=O)c1ccc(NC(=O)CN(Cc2ccc(Cl)c(Cl)c2)S(=O)(=O)c2ccccc2)cc1. The number of hydrogen-bond acceptors (Lipinski definition) is 5. The van der Waals surface area contributed by atoms with Crippen molar-refractivity contribution in [3.8, 4) is 0 Å². The highest BCUT2D eigenvalue weighted by Gasteiger charge is 2.27. The van der Waals surface area contributed by atoms with Crippen molar-refractivity contribution in [2.45, 2.75) is 18.4 Å². The zero-order valence-electron chi connectivity index (χ0n) is 18.2. The largest absolute Gasteiger partial charge is 0.462 e. The van der Waals surface area contributed by atoms with Crippen molar-refractivity contribution >= 4 is 50.8 Å². The third kappa shape index (κ3) is 6.57. The highest BCUT2D eigenvalue weighted by Crippen LogP contribution is 2.25. The number of anilines is 1. The molecule has 3 aromatic rings. The molecule has 0 saturated heterocycles. The fraction of sp³-hybridized carbons (Fsp3) is 0.167. The molecule has 7 nitrogen and oxygen atoms in total. The van der Waals surface area contributed by atoms with E-state index in [0.717, 1.165) is 4.31 Å². The molecule has 1 amide bonds. The Morgan fingerprint density at radius 3 is 2.24 bits per heavy atom. The Bertz CT molecular complexity index is 1270. The van der Waals surface area contributed by atoms with Gasteiger partial charge in [0.2, 0.25) is 15.9 Å². The molecule has 0 aliphatic carbocycles. The van der Waals surface area contributed by atoms with Crippen LogP contribution in [0, 0.1) is 0 Å². The first kappa shape index (κ1) is 25.7. The van der Waals surface area contributed by atoms with Gasteiger partial charge in [-0.05, 0) is 61.0 Å². The summed E-state index contributed by atoms with van der Waals surface area (Å²) in [5.74, 6) is -1.02. The van der Waals surface area contributed by atoms with Crippen LogP contribution in [-0.4, -0.2) is 37.8 Å². The number of hydrogen-bond donors (Lipinski definition) is 1. The van der Waals surface area contributed by atoms with Crippen LogP contribution in [0.3, 0.4) is 0 Å². The number of ether oxygens (including phenoxy) is 1. The van der Waals surface area contributed by atoms with E-state index in [9.17, 15) is 18.0 Å². The molecule has 3 aromatic carbocycles. The van der Waals surface area contributed by atoms with E-state index in [1.807, 2.05) is 0 Å². The quantitative estimate of drug-likeness (QED) is 0.400. The normalized spacial score (nSPS) is 11.3. The Morgan fingerprint density at radius 1 is 0.941 bits per heavy atom. The predicted octanol–water partition coefficient (Wildman–Crippen LogP) is 5.00. The van der Waals surface area contributed by atoms with Crippen molar-refractivity contribution in [1.29, 1.82) is 0 Å². The van der Waals surface area contributed by atoms with Crippen LogP contribution in [-0.2, 0) is 26.1 Å². The van der Waals surface area contributed by atoms with Gasteiger partial charge in [-0.3, -0.25) is 4.79 Å². The first-order chi connectivity index (χ1) is 16.2. The summed E-state index contributed by atoms with van der Waals surface area (Å²) in [5, 5.41) is 3.28. The number of sulfonamides is 1. The number of amides is 1. The van der Waals surface area contributed by atoms with Crippen LogP contribution >= 0.6 is 23.2 Å². The molecule has 3 rings (SSSR count). The molecule has 0 fully saturated rings. The maximum Gasteiger partial charge on any atom is 0.338 e. The minimum atomic E-state index is -4.00. The Morgan fingerprint density at radius 2 is 1.62 bits per heavy atom. The van der Waals surface area contributed by atoms with Gasteiger partial charge >= 0.3 is 5.97 Å². The zero-order chi connectivity index (χ0) is 24.7. The zero-order valence-corrected chi connectivity index (χ0v) is 20.5. The van der Waals surface area contributed by atoms with Gasteiger partial charge in [-0.15, -0.1) is 0 Å². The van der Waals surface area contributed by atoms with Crippen LogP contribution in [0.4, 0.5) is 5.69 Å². The molecule has 0 aliphatic rings. The summed E-state index contributed by atoms with van der Waals surface area (Å²) in [6.07, 6.45) is 0. The topological polar surface area (TPSA) is 92.8 Å². The van der Waals surface area contributed by atoms with Crippen molar-refractivity contribution in [1.82, 2.24) is 4.31 Å². The molecular formula is C24H22Cl2N2O5S. The van der Waals surface area contributed by atoms with Gasteiger partial charge in [0.05, 0.1) is 33.7 Å². The first-order valence-corrected chi connectivity index (χ1v) is 12.5. The summed E-state index contributed by atoms with van der Waals surface area (Å²) >= 11 is 12.1. The Hall–Kier alpha value is -2.91. The molecule has 0 atom stereocenters. The van der Waals surface area contributed by atoms with Crippen LogP contribution in [0.1, 0.15) is 22.8 Å². The Kier molecular flexibility index (Phi) is 8.68. The van der Waals surface area contributed by atoms with Crippen molar-refractivity contribution < 1.29 is 22.7 Å². The number of carbonyl (C=O) groups excluding carboxylic acids is 2. The highest BCUT2D eigenvalue weighted by molar-refractivity contribution is 7.89. The van der Waals surface area contributed by atoms with Gasteiger partial charge in [0.25, 0.3) is 0 Å². The molecule has 0 heterocycles. The maximum absolute atomic E-state index is 13.3. The summed E-state index contributed by atoms with van der Waals surface area (Å²) in [5.41, 5.74) is 1.32. The third-order valence-corrected chi connectivity index (χ3v) is 7.27. The fourth-order valence-corrected chi connectivity index (χ4v) is 4.80. The van der Waals surface area contributed by atoms with Crippen LogP contribution in [0.25, 0.3) is 0 Å². The highest BCUT2D eigenvalue weighted by atomic mass is 35.5. The standard InChI is InChI=1S/C24H22Cl2N2O5S/c1-2-33-24(30)18-9-11-19(12-10-18)27-23(29)16-28(15-17-8-13-21(25)22(26)14-17)34(31,32)20-6-4-3-5-7-20/h3-14H,2,15-16H2,1H3,(H,27,29). The van der Waals surface area contributed by atoms with E-state index < -0.39 is 28.4 Å². The lowest BCUT2D eigenvalue weighted by Gasteiger charge is -2.22. The summed E-state index contributed by atoms with van der Waals surface area (Å²) in [4.78, 5) is 24.6. The Balaban J connectivity index is 1.81. The Labute approximate surface area is 208 Å². The molecule has 0 aromatic heterocycles. The molecule has 0 aliphatic heterocycles. The van der Waals surface area contributed by atoms with Crippen LogP contribution in [0.2, 0.25) is 10.0 Å². The predicted molar refractivity (Wildman–Crippen MR) is 132 cm³/mol. The third-order valence-electron chi connectivity index (χ3n) is 4.72. The lowest BCUT2D eigenvalue weighted by atomic mass is 10.2. The van der Waals surface area contributed by atoms with E-state index in [0.29, 0.717) is 21.8 Å². The minimum Gasteiger partial charge on any atom is -0.462 e. The minimum absolute atomic E-state index is 0.0571. The molecule has 178 valence electrons. The lowest BCUT2D eigenvalue weighted by Crippen LogP contribution is -2.37. The van der Waals surface area contributed by atoms with Gasteiger partial charge in [-0.1, -0.05) is 47.5 Å². The average Bonchev–Trinajstić information content (AvgIpc) is 2.82. The first-order valence-electron chi connectivity index (χ1n) is 10.3. The monoisotopic (exact) mass is 520 g/mol. The molecule has 34 heavy (non-hydrogen) atoms. The molecule has 0 bridgehead atoms. The van der Waals surface area contributed by atoms with Gasteiger partial charge in [0.1, 0.15) is 0 Å². The second-order valence-electron chi connectivity index (χ2n) is 7.18. The number of nitrogens with zero attached hydrogens (tertiary/aromatic N) is 1. The molecule has 0 radical (unpaired) electrons. The van der Waals surface area contributed by atoms with Crippen LogP contribution < -0.4 is 5.32 Å². The van der Waals surface area contributed by atoms with Crippen molar-refractivity contribution in [2.75, 3.05) is 18.5 Å². The average molecular weight is 521 g/mol. The number of esters is 1. The number of benzene rings is 3. The summed E-state index contributed by atoms with van der Waals surface area (Å²) in [6.45, 7) is 1.42. The van der Waals surface area contributed by atoms with Crippen molar-refractivity contribution in [3.63, 3.8) is 0 Å². The van der Waals surface area contributed by atoms with Gasteiger partial charge in [0.15, 0.2) is 0 Å². The maximum atomic E-state index is 13.3. The second kappa shape index (κ2) is 11.5. The van der Waals surface area contributed by atoms with E-state index in [-0.39, 0.29) is 23.1 Å². The summed E-state index contributed by atoms with van der Waals surface area (Å²) in [6, 6.07) is 18.7.